The molecule has 0 spiro atoms. The molecule has 0 saturated heterocycles. The normalized spacial score (nSPS) is 11.5. The van der Waals surface area contributed by atoms with Gasteiger partial charge in [-0.1, -0.05) is 65.7 Å². The van der Waals surface area contributed by atoms with E-state index in [1.165, 1.54) is 0 Å². The van der Waals surface area contributed by atoms with E-state index in [-0.39, 0.29) is 5.56 Å². The van der Waals surface area contributed by atoms with Crippen LogP contribution in [0.15, 0.2) is 83.7 Å². The molecule has 5 rings (SSSR count). The van der Waals surface area contributed by atoms with Gasteiger partial charge in [0.2, 0.25) is 0 Å². The lowest BCUT2D eigenvalue weighted by atomic mass is 10.2. The van der Waals surface area contributed by atoms with Crippen LogP contribution in [-0.2, 0) is 6.54 Å². The van der Waals surface area contributed by atoms with Gasteiger partial charge in [-0.05, 0) is 61.0 Å². The Morgan fingerprint density at radius 3 is 2.35 bits per heavy atom. The van der Waals surface area contributed by atoms with Gasteiger partial charge in [0.25, 0.3) is 5.56 Å². The van der Waals surface area contributed by atoms with Crippen LogP contribution in [0.3, 0.4) is 0 Å². The summed E-state index contributed by atoms with van der Waals surface area (Å²) in [6, 6.07) is 24.4. The monoisotopic (exact) mass is 486 g/mol. The second kappa shape index (κ2) is 9.29. The first-order valence-corrected chi connectivity index (χ1v) is 11.5. The van der Waals surface area contributed by atoms with E-state index in [2.05, 4.69) is 5.10 Å². The highest BCUT2D eigenvalue weighted by Crippen LogP contribution is 2.24. The van der Waals surface area contributed by atoms with Crippen LogP contribution in [0.25, 0.3) is 28.7 Å². The summed E-state index contributed by atoms with van der Waals surface area (Å²) < 4.78 is 3.36. The van der Waals surface area contributed by atoms with Gasteiger partial charge in [0.05, 0.1) is 28.8 Å². The van der Waals surface area contributed by atoms with E-state index < -0.39 is 0 Å². The lowest BCUT2D eigenvalue weighted by Crippen LogP contribution is -2.22. The summed E-state index contributed by atoms with van der Waals surface area (Å²) in [6.07, 6.45) is 3.67. The molecule has 0 amide bonds. The van der Waals surface area contributed by atoms with Gasteiger partial charge in [0, 0.05) is 10.6 Å². The molecule has 168 valence electrons. The minimum Gasteiger partial charge on any atom is -0.268 e. The van der Waals surface area contributed by atoms with Crippen LogP contribution >= 0.6 is 23.2 Å². The van der Waals surface area contributed by atoms with Gasteiger partial charge in [0.15, 0.2) is 0 Å². The number of rotatable bonds is 5. The Morgan fingerprint density at radius 2 is 1.59 bits per heavy atom. The molecule has 7 heteroatoms. The molecule has 2 aromatic heterocycles. The largest absolute Gasteiger partial charge is 0.268 e. The number of hydrogen-bond acceptors (Lipinski definition) is 3. The molecule has 0 saturated carbocycles. The molecule has 0 radical (unpaired) electrons. The molecule has 5 aromatic rings. The quantitative estimate of drug-likeness (QED) is 0.288. The van der Waals surface area contributed by atoms with E-state index in [4.69, 9.17) is 28.2 Å². The maximum absolute atomic E-state index is 13.4. The van der Waals surface area contributed by atoms with Crippen molar-refractivity contribution < 1.29 is 0 Å². The molecule has 0 aliphatic carbocycles. The van der Waals surface area contributed by atoms with E-state index in [1.54, 1.807) is 15.3 Å². The standard InChI is InChI=1S/C27H20Cl2N4O/c1-18-22(26(29)32(31-18)17-19-11-13-20(28)14-12-19)15-16-25-30-24-10-6-5-9-23(24)27(34)33(25)21-7-3-2-4-8-21/h2-16H,17H2,1H3. The number of benzene rings is 3. The molecule has 0 fully saturated rings. The van der Waals surface area contributed by atoms with Crippen LogP contribution in [0, 0.1) is 6.92 Å². The molecular weight excluding hydrogens is 467 g/mol. The molecule has 0 atom stereocenters. The van der Waals surface area contributed by atoms with E-state index in [0.717, 1.165) is 22.5 Å². The van der Waals surface area contributed by atoms with Gasteiger partial charge in [-0.15, -0.1) is 0 Å². The zero-order valence-corrected chi connectivity index (χ0v) is 19.8. The second-order valence-corrected chi connectivity index (χ2v) is 8.67. The van der Waals surface area contributed by atoms with Gasteiger partial charge < -0.3 is 0 Å². The first kappa shape index (κ1) is 22.1. The summed E-state index contributed by atoms with van der Waals surface area (Å²) in [6.45, 7) is 2.43. The summed E-state index contributed by atoms with van der Waals surface area (Å²) in [5.41, 5.74) is 3.85. The van der Waals surface area contributed by atoms with Crippen LogP contribution in [0.2, 0.25) is 10.2 Å². The molecule has 0 N–H and O–H groups in total. The van der Waals surface area contributed by atoms with Crippen molar-refractivity contribution in [3.05, 3.63) is 122 Å². The van der Waals surface area contributed by atoms with Gasteiger partial charge in [0.1, 0.15) is 11.0 Å². The summed E-state index contributed by atoms with van der Waals surface area (Å²) >= 11 is 12.7. The highest BCUT2D eigenvalue weighted by molar-refractivity contribution is 6.31. The first-order valence-electron chi connectivity index (χ1n) is 10.7. The molecule has 0 bridgehead atoms. The van der Waals surface area contributed by atoms with Crippen LogP contribution in [0.4, 0.5) is 0 Å². The van der Waals surface area contributed by atoms with Crippen LogP contribution in [0.5, 0.6) is 0 Å². The topological polar surface area (TPSA) is 52.7 Å². The fraction of sp³-hybridized carbons (Fsp3) is 0.0741. The molecular formula is C27H20Cl2N4O. The van der Waals surface area contributed by atoms with Crippen molar-refractivity contribution in [1.82, 2.24) is 19.3 Å². The van der Waals surface area contributed by atoms with Crippen molar-refractivity contribution in [1.29, 1.82) is 0 Å². The molecule has 5 nitrogen and oxygen atoms in total. The predicted octanol–water partition coefficient (Wildman–Crippen LogP) is 6.42. The fourth-order valence-corrected chi connectivity index (χ4v) is 4.29. The highest BCUT2D eigenvalue weighted by atomic mass is 35.5. The number of halogens is 2. The number of para-hydroxylation sites is 2. The summed E-state index contributed by atoms with van der Waals surface area (Å²) in [7, 11) is 0. The van der Waals surface area contributed by atoms with Crippen molar-refractivity contribution in [2.45, 2.75) is 13.5 Å². The molecule has 34 heavy (non-hydrogen) atoms. The Bertz CT molecular complexity index is 1570. The van der Waals surface area contributed by atoms with Gasteiger partial charge in [-0.3, -0.25) is 9.36 Å². The number of nitrogens with zero attached hydrogens (tertiary/aromatic N) is 4. The molecule has 0 aliphatic heterocycles. The summed E-state index contributed by atoms with van der Waals surface area (Å²) in [5.74, 6) is 0.510. The second-order valence-electron chi connectivity index (χ2n) is 7.87. The van der Waals surface area contributed by atoms with Crippen molar-refractivity contribution in [2.24, 2.45) is 0 Å². The zero-order chi connectivity index (χ0) is 23.7. The van der Waals surface area contributed by atoms with Crippen molar-refractivity contribution in [2.75, 3.05) is 0 Å². The lowest BCUT2D eigenvalue weighted by Gasteiger charge is -2.11. The third kappa shape index (κ3) is 4.28. The number of fused-ring (bicyclic) bond motifs is 1. The van der Waals surface area contributed by atoms with E-state index >= 15 is 0 Å². The van der Waals surface area contributed by atoms with Crippen LogP contribution in [-0.4, -0.2) is 19.3 Å². The molecule has 0 unspecified atom stereocenters. The average Bonchev–Trinajstić information content (AvgIpc) is 3.11. The van der Waals surface area contributed by atoms with E-state index in [1.807, 2.05) is 91.9 Å². The minimum absolute atomic E-state index is 0.127. The SMILES string of the molecule is Cc1nn(Cc2ccc(Cl)cc2)c(Cl)c1C=Cc1nc2ccccc2c(=O)n1-c1ccccc1. The Hall–Kier alpha value is -3.67. The van der Waals surface area contributed by atoms with E-state index in [9.17, 15) is 4.79 Å². The predicted molar refractivity (Wildman–Crippen MR) is 139 cm³/mol. The first-order chi connectivity index (χ1) is 16.5. The maximum atomic E-state index is 13.4. The Balaban J connectivity index is 1.58. The summed E-state index contributed by atoms with van der Waals surface area (Å²) in [5, 5.41) is 6.36. The molecule has 3 aromatic carbocycles. The Kier molecular flexibility index (Phi) is 6.05. The van der Waals surface area contributed by atoms with Crippen molar-refractivity contribution in [3.63, 3.8) is 0 Å². The van der Waals surface area contributed by atoms with Gasteiger partial charge in [-0.2, -0.15) is 5.10 Å². The zero-order valence-electron chi connectivity index (χ0n) is 18.3. The number of hydrogen-bond donors (Lipinski definition) is 0. The highest BCUT2D eigenvalue weighted by Gasteiger charge is 2.14. The molecule has 2 heterocycles. The smallest absolute Gasteiger partial charge is 0.266 e. The fourth-order valence-electron chi connectivity index (χ4n) is 3.87. The van der Waals surface area contributed by atoms with Gasteiger partial charge in [-0.25, -0.2) is 9.67 Å². The number of aryl methyl sites for hydroxylation is 1. The van der Waals surface area contributed by atoms with Crippen molar-refractivity contribution >= 4 is 46.3 Å². The number of aromatic nitrogens is 4. The van der Waals surface area contributed by atoms with Crippen molar-refractivity contribution in [3.8, 4) is 5.69 Å². The maximum Gasteiger partial charge on any atom is 0.266 e. The van der Waals surface area contributed by atoms with Gasteiger partial charge >= 0.3 is 0 Å². The Labute approximate surface area is 206 Å². The van der Waals surface area contributed by atoms with Crippen LogP contribution in [0.1, 0.15) is 22.6 Å². The third-order valence-corrected chi connectivity index (χ3v) is 6.22. The minimum atomic E-state index is -0.127. The van der Waals surface area contributed by atoms with E-state index in [0.29, 0.717) is 33.4 Å². The third-order valence-electron chi connectivity index (χ3n) is 5.57. The molecule has 0 aliphatic rings. The van der Waals surface area contributed by atoms with Crippen LogP contribution < -0.4 is 5.56 Å². The lowest BCUT2D eigenvalue weighted by molar-refractivity contribution is 0.680. The Morgan fingerprint density at radius 1 is 0.882 bits per heavy atom. The summed E-state index contributed by atoms with van der Waals surface area (Å²) in [4.78, 5) is 18.1. The average molecular weight is 487 g/mol.